The number of aromatic nitrogens is 2. The largest absolute Gasteiger partial charge is 0.497 e. The lowest BCUT2D eigenvalue weighted by atomic mass is 10.1. The van der Waals surface area contributed by atoms with Crippen LogP contribution in [0.4, 0.5) is 0 Å². The second-order valence-corrected chi connectivity index (χ2v) is 7.48. The van der Waals surface area contributed by atoms with Crippen LogP contribution < -0.4 is 9.47 Å². The van der Waals surface area contributed by atoms with E-state index in [1.807, 2.05) is 59.5 Å². The molecule has 1 amide bonds. The van der Waals surface area contributed by atoms with Gasteiger partial charge in [-0.05, 0) is 49.0 Å². The summed E-state index contributed by atoms with van der Waals surface area (Å²) in [4.78, 5) is 17.7. The summed E-state index contributed by atoms with van der Waals surface area (Å²) in [6, 6.07) is 17.1. The average Bonchev–Trinajstić information content (AvgIpc) is 3.29. The Morgan fingerprint density at radius 1 is 0.935 bits per heavy atom. The summed E-state index contributed by atoms with van der Waals surface area (Å²) >= 11 is 0. The Morgan fingerprint density at radius 2 is 1.65 bits per heavy atom. The van der Waals surface area contributed by atoms with Crippen molar-refractivity contribution in [2.75, 3.05) is 46.9 Å². The molecule has 2 aromatic carbocycles. The molecule has 1 saturated heterocycles. The summed E-state index contributed by atoms with van der Waals surface area (Å²) < 4.78 is 12.4. The van der Waals surface area contributed by atoms with Crippen LogP contribution in [-0.2, 0) is 0 Å². The molecule has 1 aromatic heterocycles. The summed E-state index contributed by atoms with van der Waals surface area (Å²) in [7, 11) is 3.27. The van der Waals surface area contributed by atoms with Crippen LogP contribution in [0.5, 0.6) is 11.5 Å². The molecule has 1 aliphatic rings. The third-order valence-electron chi connectivity index (χ3n) is 5.72. The lowest BCUT2D eigenvalue weighted by molar-refractivity contribution is 0.0634. The van der Waals surface area contributed by atoms with Crippen molar-refractivity contribution < 1.29 is 14.3 Å². The van der Waals surface area contributed by atoms with Crippen molar-refractivity contribution in [1.82, 2.24) is 19.6 Å². The Labute approximate surface area is 182 Å². The van der Waals surface area contributed by atoms with Crippen molar-refractivity contribution in [2.24, 2.45) is 0 Å². The molecule has 3 aromatic rings. The standard InChI is InChI=1S/C24H28N4O3/c1-4-26-12-14-27(15-13-26)24(29)23-17-22(18-6-5-7-21(16-18)31-3)25-28(23)19-8-10-20(30-2)11-9-19/h5-11,16-17H,4,12-15H2,1-3H3. The van der Waals surface area contributed by atoms with Gasteiger partial charge in [-0.25, -0.2) is 4.68 Å². The number of methoxy groups -OCH3 is 2. The first-order chi connectivity index (χ1) is 15.1. The number of amides is 1. The van der Waals surface area contributed by atoms with Gasteiger partial charge in [0.1, 0.15) is 17.2 Å². The Morgan fingerprint density at radius 3 is 2.29 bits per heavy atom. The second kappa shape index (κ2) is 9.22. The van der Waals surface area contributed by atoms with Crippen LogP contribution in [0.3, 0.4) is 0 Å². The van der Waals surface area contributed by atoms with Gasteiger partial charge in [-0.3, -0.25) is 4.79 Å². The van der Waals surface area contributed by atoms with Crippen LogP contribution in [0.2, 0.25) is 0 Å². The van der Waals surface area contributed by atoms with Gasteiger partial charge >= 0.3 is 0 Å². The van der Waals surface area contributed by atoms with E-state index in [9.17, 15) is 4.79 Å². The molecule has 31 heavy (non-hydrogen) atoms. The Bertz CT molecular complexity index is 1040. The van der Waals surface area contributed by atoms with Gasteiger partial charge in [0.15, 0.2) is 0 Å². The fraction of sp³-hybridized carbons (Fsp3) is 0.333. The first-order valence-electron chi connectivity index (χ1n) is 10.5. The van der Waals surface area contributed by atoms with Crippen molar-refractivity contribution in [3.8, 4) is 28.4 Å². The van der Waals surface area contributed by atoms with E-state index in [0.29, 0.717) is 5.69 Å². The molecule has 1 fully saturated rings. The van der Waals surface area contributed by atoms with Crippen molar-refractivity contribution in [1.29, 1.82) is 0 Å². The van der Waals surface area contributed by atoms with E-state index in [4.69, 9.17) is 14.6 Å². The third-order valence-corrected chi connectivity index (χ3v) is 5.72. The molecule has 0 N–H and O–H groups in total. The zero-order chi connectivity index (χ0) is 21.8. The predicted octanol–water partition coefficient (Wildman–Crippen LogP) is 3.33. The molecule has 7 heteroatoms. The number of likely N-dealkylation sites (N-methyl/N-ethyl adjacent to an activating group) is 1. The number of ether oxygens (including phenoxy) is 2. The van der Waals surface area contributed by atoms with Gasteiger partial charge in [-0.1, -0.05) is 19.1 Å². The minimum Gasteiger partial charge on any atom is -0.497 e. The smallest absolute Gasteiger partial charge is 0.272 e. The SMILES string of the molecule is CCN1CCN(C(=O)c2cc(-c3cccc(OC)c3)nn2-c2ccc(OC)cc2)CC1. The van der Waals surface area contributed by atoms with Crippen molar-refractivity contribution >= 4 is 5.91 Å². The molecule has 0 aliphatic carbocycles. The van der Waals surface area contributed by atoms with E-state index in [1.165, 1.54) is 0 Å². The van der Waals surface area contributed by atoms with Gasteiger partial charge in [0.05, 0.1) is 25.6 Å². The van der Waals surface area contributed by atoms with Gasteiger partial charge in [0.25, 0.3) is 5.91 Å². The molecule has 0 spiro atoms. The summed E-state index contributed by atoms with van der Waals surface area (Å²) in [5, 5.41) is 4.79. The Kier molecular flexibility index (Phi) is 6.23. The molecule has 0 radical (unpaired) electrons. The van der Waals surface area contributed by atoms with Gasteiger partial charge < -0.3 is 19.3 Å². The van der Waals surface area contributed by atoms with E-state index >= 15 is 0 Å². The molecule has 0 atom stereocenters. The van der Waals surface area contributed by atoms with Crippen LogP contribution >= 0.6 is 0 Å². The maximum atomic E-state index is 13.5. The maximum Gasteiger partial charge on any atom is 0.272 e. The summed E-state index contributed by atoms with van der Waals surface area (Å²) in [6.45, 7) is 6.37. The molecular weight excluding hydrogens is 392 g/mol. The average molecular weight is 421 g/mol. The first-order valence-corrected chi connectivity index (χ1v) is 10.5. The van der Waals surface area contributed by atoms with Gasteiger partial charge in [0, 0.05) is 31.7 Å². The van der Waals surface area contributed by atoms with Crippen LogP contribution in [0.25, 0.3) is 16.9 Å². The Balaban J connectivity index is 1.72. The normalized spacial score (nSPS) is 14.5. The molecule has 0 saturated carbocycles. The molecule has 7 nitrogen and oxygen atoms in total. The van der Waals surface area contributed by atoms with E-state index in [1.54, 1.807) is 18.9 Å². The van der Waals surface area contributed by atoms with E-state index in [-0.39, 0.29) is 5.91 Å². The number of benzene rings is 2. The van der Waals surface area contributed by atoms with Crippen molar-refractivity contribution in [3.05, 3.63) is 60.3 Å². The first kappa shape index (κ1) is 20.9. The molecule has 0 unspecified atom stereocenters. The molecule has 2 heterocycles. The summed E-state index contributed by atoms with van der Waals surface area (Å²) in [5.74, 6) is 1.50. The monoisotopic (exact) mass is 420 g/mol. The number of carbonyl (C=O) groups is 1. The number of hydrogen-bond donors (Lipinski definition) is 0. The quantitative estimate of drug-likeness (QED) is 0.612. The zero-order valence-corrected chi connectivity index (χ0v) is 18.2. The molecule has 1 aliphatic heterocycles. The highest BCUT2D eigenvalue weighted by atomic mass is 16.5. The molecule has 4 rings (SSSR count). The fourth-order valence-electron chi connectivity index (χ4n) is 3.81. The third kappa shape index (κ3) is 4.41. The zero-order valence-electron chi connectivity index (χ0n) is 18.2. The van der Waals surface area contributed by atoms with Crippen molar-refractivity contribution in [3.63, 3.8) is 0 Å². The lowest BCUT2D eigenvalue weighted by Gasteiger charge is -2.34. The minimum absolute atomic E-state index is 0.00628. The van der Waals surface area contributed by atoms with Crippen LogP contribution in [0, 0.1) is 0 Å². The van der Waals surface area contributed by atoms with Crippen LogP contribution in [0.1, 0.15) is 17.4 Å². The maximum absolute atomic E-state index is 13.5. The number of nitrogens with zero attached hydrogens (tertiary/aromatic N) is 4. The van der Waals surface area contributed by atoms with Crippen molar-refractivity contribution in [2.45, 2.75) is 6.92 Å². The molecule has 0 bridgehead atoms. The summed E-state index contributed by atoms with van der Waals surface area (Å²) in [6.07, 6.45) is 0. The minimum atomic E-state index is -0.00628. The van der Waals surface area contributed by atoms with Gasteiger partial charge in [0.2, 0.25) is 0 Å². The van der Waals surface area contributed by atoms with E-state index in [0.717, 1.165) is 61.2 Å². The van der Waals surface area contributed by atoms with Crippen LogP contribution in [0.15, 0.2) is 54.6 Å². The summed E-state index contributed by atoms with van der Waals surface area (Å²) in [5.41, 5.74) is 2.99. The highest BCUT2D eigenvalue weighted by Crippen LogP contribution is 2.26. The number of carbonyl (C=O) groups excluding carboxylic acids is 1. The van der Waals surface area contributed by atoms with E-state index in [2.05, 4.69) is 11.8 Å². The highest BCUT2D eigenvalue weighted by molar-refractivity contribution is 5.94. The Hall–Kier alpha value is -3.32. The number of hydrogen-bond acceptors (Lipinski definition) is 5. The van der Waals surface area contributed by atoms with Gasteiger partial charge in [-0.15, -0.1) is 0 Å². The second-order valence-electron chi connectivity index (χ2n) is 7.48. The van der Waals surface area contributed by atoms with E-state index < -0.39 is 0 Å². The van der Waals surface area contributed by atoms with Crippen LogP contribution in [-0.4, -0.2) is 72.4 Å². The van der Waals surface area contributed by atoms with Gasteiger partial charge in [-0.2, -0.15) is 5.10 Å². The topological polar surface area (TPSA) is 59.8 Å². The predicted molar refractivity (Wildman–Crippen MR) is 120 cm³/mol. The lowest BCUT2D eigenvalue weighted by Crippen LogP contribution is -2.48. The number of rotatable bonds is 6. The fourth-order valence-corrected chi connectivity index (χ4v) is 3.81. The molecular formula is C24H28N4O3. The highest BCUT2D eigenvalue weighted by Gasteiger charge is 2.26. The number of piperazine rings is 1. The molecule has 162 valence electrons.